The van der Waals surface area contributed by atoms with Crippen molar-refractivity contribution < 1.29 is 0 Å². The largest absolute Gasteiger partial charge is 0.299 e. The molecule has 0 N–H and O–H groups in total. The molecule has 1 aromatic carbocycles. The number of hydrogen-bond donors (Lipinski definition) is 0. The Labute approximate surface area is 104 Å². The SMILES string of the molecule is CCN(Cc1ccccc1)CC1(CC#N)CC1. The third-order valence-corrected chi connectivity index (χ3v) is 3.67. The predicted molar refractivity (Wildman–Crippen MR) is 69.3 cm³/mol. The second-order valence-corrected chi connectivity index (χ2v) is 5.12. The van der Waals surface area contributed by atoms with Crippen LogP contribution >= 0.6 is 0 Å². The molecule has 1 saturated carbocycles. The summed E-state index contributed by atoms with van der Waals surface area (Å²) < 4.78 is 0. The van der Waals surface area contributed by atoms with Gasteiger partial charge in [-0.1, -0.05) is 37.3 Å². The summed E-state index contributed by atoms with van der Waals surface area (Å²) >= 11 is 0. The first kappa shape index (κ1) is 12.1. The molecular weight excluding hydrogens is 208 g/mol. The minimum absolute atomic E-state index is 0.319. The van der Waals surface area contributed by atoms with Crippen molar-refractivity contribution in [1.29, 1.82) is 5.26 Å². The van der Waals surface area contributed by atoms with Gasteiger partial charge in [0.15, 0.2) is 0 Å². The van der Waals surface area contributed by atoms with E-state index in [1.54, 1.807) is 0 Å². The minimum atomic E-state index is 0.319. The Kier molecular flexibility index (Phi) is 3.81. The maximum atomic E-state index is 8.85. The van der Waals surface area contributed by atoms with Crippen LogP contribution in [0.1, 0.15) is 31.7 Å². The zero-order valence-corrected chi connectivity index (χ0v) is 10.5. The van der Waals surface area contributed by atoms with Crippen LogP contribution in [0.5, 0.6) is 0 Å². The summed E-state index contributed by atoms with van der Waals surface area (Å²) in [7, 11) is 0. The highest BCUT2D eigenvalue weighted by Crippen LogP contribution is 2.49. The normalized spacial score (nSPS) is 16.8. The van der Waals surface area contributed by atoms with E-state index < -0.39 is 0 Å². The third-order valence-electron chi connectivity index (χ3n) is 3.67. The molecule has 0 aromatic heterocycles. The van der Waals surface area contributed by atoms with Crippen LogP contribution in [0.2, 0.25) is 0 Å². The molecule has 0 unspecified atom stereocenters. The van der Waals surface area contributed by atoms with Crippen LogP contribution in [-0.2, 0) is 6.54 Å². The van der Waals surface area contributed by atoms with Gasteiger partial charge in [-0.25, -0.2) is 0 Å². The molecule has 1 aliphatic rings. The first-order valence-corrected chi connectivity index (χ1v) is 6.41. The topological polar surface area (TPSA) is 27.0 Å². The van der Waals surface area contributed by atoms with Gasteiger partial charge in [0.25, 0.3) is 0 Å². The molecule has 2 heteroatoms. The molecule has 0 spiro atoms. The Morgan fingerprint density at radius 2 is 2.00 bits per heavy atom. The molecule has 0 amide bonds. The Balaban J connectivity index is 1.92. The van der Waals surface area contributed by atoms with E-state index in [2.05, 4.69) is 48.2 Å². The van der Waals surface area contributed by atoms with Gasteiger partial charge in [-0.3, -0.25) is 4.90 Å². The van der Waals surface area contributed by atoms with Gasteiger partial charge in [0, 0.05) is 19.5 Å². The lowest BCUT2D eigenvalue weighted by atomic mass is 10.0. The molecule has 1 aliphatic carbocycles. The average molecular weight is 228 g/mol. The van der Waals surface area contributed by atoms with Crippen LogP contribution in [-0.4, -0.2) is 18.0 Å². The molecule has 1 fully saturated rings. The van der Waals surface area contributed by atoms with Gasteiger partial charge in [-0.15, -0.1) is 0 Å². The highest BCUT2D eigenvalue weighted by molar-refractivity contribution is 5.14. The quantitative estimate of drug-likeness (QED) is 0.747. The average Bonchev–Trinajstić information content (AvgIpc) is 3.10. The Bertz CT molecular complexity index is 387. The van der Waals surface area contributed by atoms with E-state index in [0.29, 0.717) is 5.41 Å². The zero-order valence-electron chi connectivity index (χ0n) is 10.5. The van der Waals surface area contributed by atoms with Crippen molar-refractivity contribution in [3.8, 4) is 6.07 Å². The van der Waals surface area contributed by atoms with Gasteiger partial charge in [-0.05, 0) is 30.4 Å². The lowest BCUT2D eigenvalue weighted by molar-refractivity contribution is 0.223. The standard InChI is InChI=1S/C15H20N2/c1-2-17(12-14-6-4-3-5-7-14)13-15(8-9-15)10-11-16/h3-7H,2,8-10,12-13H2,1H3. The first-order chi connectivity index (χ1) is 8.28. The van der Waals surface area contributed by atoms with Crippen molar-refractivity contribution in [3.05, 3.63) is 35.9 Å². The minimum Gasteiger partial charge on any atom is -0.299 e. The van der Waals surface area contributed by atoms with Crippen LogP contribution < -0.4 is 0 Å². The van der Waals surface area contributed by atoms with Crippen molar-refractivity contribution >= 4 is 0 Å². The molecule has 90 valence electrons. The van der Waals surface area contributed by atoms with Crippen molar-refractivity contribution in [3.63, 3.8) is 0 Å². The summed E-state index contributed by atoms with van der Waals surface area (Å²) in [6, 6.07) is 12.9. The smallest absolute Gasteiger partial charge is 0.0628 e. The second kappa shape index (κ2) is 5.33. The van der Waals surface area contributed by atoms with E-state index in [-0.39, 0.29) is 0 Å². The third kappa shape index (κ3) is 3.31. The van der Waals surface area contributed by atoms with E-state index in [1.807, 2.05) is 0 Å². The van der Waals surface area contributed by atoms with Gasteiger partial charge < -0.3 is 0 Å². The van der Waals surface area contributed by atoms with Crippen molar-refractivity contribution in [2.24, 2.45) is 5.41 Å². The summed E-state index contributed by atoms with van der Waals surface area (Å²) in [5, 5.41) is 8.85. The molecule has 17 heavy (non-hydrogen) atoms. The molecule has 0 heterocycles. The summed E-state index contributed by atoms with van der Waals surface area (Å²) in [6.45, 7) is 5.34. The van der Waals surface area contributed by atoms with Gasteiger partial charge in [0.1, 0.15) is 0 Å². The van der Waals surface area contributed by atoms with Crippen molar-refractivity contribution in [2.75, 3.05) is 13.1 Å². The highest BCUT2D eigenvalue weighted by atomic mass is 15.1. The number of hydrogen-bond acceptors (Lipinski definition) is 2. The summed E-state index contributed by atoms with van der Waals surface area (Å²) in [5.74, 6) is 0. The predicted octanol–water partition coefficient (Wildman–Crippen LogP) is 3.20. The maximum Gasteiger partial charge on any atom is 0.0628 e. The zero-order chi connectivity index (χ0) is 12.1. The Morgan fingerprint density at radius 1 is 1.29 bits per heavy atom. The van der Waals surface area contributed by atoms with Crippen LogP contribution in [0, 0.1) is 16.7 Å². The van der Waals surface area contributed by atoms with Gasteiger partial charge >= 0.3 is 0 Å². The number of nitriles is 1. The molecule has 0 radical (unpaired) electrons. The van der Waals surface area contributed by atoms with E-state index in [9.17, 15) is 0 Å². The second-order valence-electron chi connectivity index (χ2n) is 5.12. The van der Waals surface area contributed by atoms with E-state index >= 15 is 0 Å². The fourth-order valence-electron chi connectivity index (χ4n) is 2.33. The number of benzene rings is 1. The maximum absolute atomic E-state index is 8.85. The van der Waals surface area contributed by atoms with Gasteiger partial charge in [-0.2, -0.15) is 5.26 Å². The summed E-state index contributed by atoms with van der Waals surface area (Å²) in [4.78, 5) is 2.46. The van der Waals surface area contributed by atoms with E-state index in [4.69, 9.17) is 5.26 Å². The van der Waals surface area contributed by atoms with E-state index in [0.717, 1.165) is 26.1 Å². The fraction of sp³-hybridized carbons (Fsp3) is 0.533. The lowest BCUT2D eigenvalue weighted by Gasteiger charge is -2.25. The molecule has 0 saturated heterocycles. The molecule has 2 nitrogen and oxygen atoms in total. The number of nitrogens with zero attached hydrogens (tertiary/aromatic N) is 2. The monoisotopic (exact) mass is 228 g/mol. The van der Waals surface area contributed by atoms with Crippen LogP contribution in [0.25, 0.3) is 0 Å². The first-order valence-electron chi connectivity index (χ1n) is 6.41. The van der Waals surface area contributed by atoms with Crippen LogP contribution in [0.4, 0.5) is 0 Å². The molecule has 1 aromatic rings. The van der Waals surface area contributed by atoms with Crippen molar-refractivity contribution in [1.82, 2.24) is 4.90 Å². The molecule has 2 rings (SSSR count). The van der Waals surface area contributed by atoms with Crippen LogP contribution in [0.15, 0.2) is 30.3 Å². The summed E-state index contributed by atoms with van der Waals surface area (Å²) in [5.41, 5.74) is 1.68. The van der Waals surface area contributed by atoms with Gasteiger partial charge in [0.05, 0.1) is 6.07 Å². The van der Waals surface area contributed by atoms with Crippen LogP contribution in [0.3, 0.4) is 0 Å². The Morgan fingerprint density at radius 3 is 2.53 bits per heavy atom. The van der Waals surface area contributed by atoms with Gasteiger partial charge in [0.2, 0.25) is 0 Å². The highest BCUT2D eigenvalue weighted by Gasteiger charge is 2.43. The molecule has 0 bridgehead atoms. The number of rotatable bonds is 6. The molecular formula is C15H20N2. The summed E-state index contributed by atoms with van der Waals surface area (Å²) in [6.07, 6.45) is 3.18. The van der Waals surface area contributed by atoms with Crippen molar-refractivity contribution in [2.45, 2.75) is 32.7 Å². The fourth-order valence-corrected chi connectivity index (χ4v) is 2.33. The van der Waals surface area contributed by atoms with E-state index in [1.165, 1.54) is 18.4 Å². The lowest BCUT2D eigenvalue weighted by Crippen LogP contribution is -2.29. The Hall–Kier alpha value is -1.33. The molecule has 0 atom stereocenters. The molecule has 0 aliphatic heterocycles.